The van der Waals surface area contributed by atoms with Crippen molar-refractivity contribution in [3.63, 3.8) is 0 Å². The highest BCUT2D eigenvalue weighted by Crippen LogP contribution is 2.31. The summed E-state index contributed by atoms with van der Waals surface area (Å²) >= 11 is 5.97. The molecule has 0 fully saturated rings. The molecule has 0 atom stereocenters. The third-order valence-corrected chi connectivity index (χ3v) is 3.91. The summed E-state index contributed by atoms with van der Waals surface area (Å²) in [5, 5.41) is 3.79. The first-order valence-electron chi connectivity index (χ1n) is 8.03. The zero-order valence-corrected chi connectivity index (χ0v) is 15.5. The number of benzene rings is 2. The van der Waals surface area contributed by atoms with Gasteiger partial charge in [-0.15, -0.1) is 11.6 Å². The van der Waals surface area contributed by atoms with Crippen molar-refractivity contribution in [3.8, 4) is 5.75 Å². The molecule has 0 aliphatic heterocycles. The van der Waals surface area contributed by atoms with Gasteiger partial charge in [0.2, 0.25) is 0 Å². The van der Waals surface area contributed by atoms with Crippen LogP contribution in [0.5, 0.6) is 5.75 Å². The van der Waals surface area contributed by atoms with Crippen LogP contribution in [0.4, 0.5) is 15.9 Å². The second-order valence-electron chi connectivity index (χ2n) is 5.10. The van der Waals surface area contributed by atoms with Gasteiger partial charge < -0.3 is 10.1 Å². The number of hydrogen-bond acceptors (Lipinski definition) is 4. The van der Waals surface area contributed by atoms with Gasteiger partial charge in [-0.3, -0.25) is 0 Å². The molecule has 0 saturated heterocycles. The number of alkyl halides is 1. The molecule has 0 saturated carbocycles. The van der Waals surface area contributed by atoms with Crippen molar-refractivity contribution in [1.29, 1.82) is 0 Å². The first-order chi connectivity index (χ1) is 12.1. The van der Waals surface area contributed by atoms with Crippen molar-refractivity contribution in [2.45, 2.75) is 26.7 Å². The second-order valence-corrected chi connectivity index (χ2v) is 5.37. The van der Waals surface area contributed by atoms with E-state index in [9.17, 15) is 4.39 Å². The Bertz CT molecular complexity index is 871. The number of rotatable bonds is 4. The lowest BCUT2D eigenvalue weighted by molar-refractivity contribution is 0.412. The summed E-state index contributed by atoms with van der Waals surface area (Å²) in [6, 6.07) is 8.83. The van der Waals surface area contributed by atoms with E-state index in [0.29, 0.717) is 34.2 Å². The van der Waals surface area contributed by atoms with Gasteiger partial charge in [-0.1, -0.05) is 26.0 Å². The summed E-state index contributed by atoms with van der Waals surface area (Å²) < 4.78 is 19.5. The van der Waals surface area contributed by atoms with Crippen molar-refractivity contribution < 1.29 is 9.13 Å². The van der Waals surface area contributed by atoms with Crippen LogP contribution < -0.4 is 10.1 Å². The Kier molecular flexibility index (Phi) is 6.53. The monoisotopic (exact) mass is 361 g/mol. The topological polar surface area (TPSA) is 47.0 Å². The van der Waals surface area contributed by atoms with E-state index in [1.807, 2.05) is 19.9 Å². The molecule has 0 unspecified atom stereocenters. The molecule has 0 spiro atoms. The van der Waals surface area contributed by atoms with E-state index in [1.165, 1.54) is 6.33 Å². The van der Waals surface area contributed by atoms with Gasteiger partial charge in [0.1, 0.15) is 23.7 Å². The quantitative estimate of drug-likeness (QED) is 0.615. The molecule has 0 aliphatic carbocycles. The first-order valence-corrected chi connectivity index (χ1v) is 8.57. The van der Waals surface area contributed by atoms with Gasteiger partial charge in [0.25, 0.3) is 0 Å². The van der Waals surface area contributed by atoms with Gasteiger partial charge in [-0.25, -0.2) is 14.4 Å². The number of anilines is 2. The van der Waals surface area contributed by atoms with Crippen LogP contribution in [0.2, 0.25) is 0 Å². The third kappa shape index (κ3) is 3.99. The standard InChI is InChI=1S/C17H15ClFN3O.C2H6/c1-10-4-3-5-13(16(10)19)22-17-12-6-11(8-18)15(23-2)7-14(12)20-9-21-17;1-2/h3-7,9H,8H2,1-2H3,(H,20,21,22);1-2H3. The molecule has 2 aromatic carbocycles. The van der Waals surface area contributed by atoms with Crippen molar-refractivity contribution in [2.75, 3.05) is 12.4 Å². The minimum absolute atomic E-state index is 0.298. The number of methoxy groups -OCH3 is 1. The lowest BCUT2D eigenvalue weighted by Crippen LogP contribution is -2.00. The van der Waals surface area contributed by atoms with Gasteiger partial charge in [-0.2, -0.15) is 0 Å². The van der Waals surface area contributed by atoms with Crippen LogP contribution in [0.1, 0.15) is 25.0 Å². The molecule has 1 aromatic heterocycles. The molecule has 1 heterocycles. The van der Waals surface area contributed by atoms with Gasteiger partial charge >= 0.3 is 0 Å². The smallest absolute Gasteiger partial charge is 0.149 e. The number of halogens is 2. The molecule has 6 heteroatoms. The van der Waals surface area contributed by atoms with Crippen LogP contribution in [0, 0.1) is 12.7 Å². The fraction of sp³-hybridized carbons (Fsp3) is 0.263. The minimum Gasteiger partial charge on any atom is -0.496 e. The summed E-state index contributed by atoms with van der Waals surface area (Å²) in [7, 11) is 1.58. The molecule has 0 radical (unpaired) electrons. The maximum atomic E-state index is 14.2. The number of fused-ring (bicyclic) bond motifs is 1. The van der Waals surface area contributed by atoms with E-state index in [1.54, 1.807) is 38.3 Å². The van der Waals surface area contributed by atoms with Crippen molar-refractivity contribution >= 4 is 34.0 Å². The third-order valence-electron chi connectivity index (χ3n) is 3.63. The maximum Gasteiger partial charge on any atom is 0.149 e. The van der Waals surface area contributed by atoms with E-state index >= 15 is 0 Å². The number of aryl methyl sites for hydroxylation is 1. The summed E-state index contributed by atoms with van der Waals surface area (Å²) in [6.45, 7) is 5.72. The van der Waals surface area contributed by atoms with Crippen LogP contribution in [0.3, 0.4) is 0 Å². The fourth-order valence-electron chi connectivity index (χ4n) is 2.39. The number of ether oxygens (including phenoxy) is 1. The summed E-state index contributed by atoms with van der Waals surface area (Å²) in [6.07, 6.45) is 1.43. The van der Waals surface area contributed by atoms with Gasteiger partial charge in [0, 0.05) is 17.0 Å². The molecule has 1 N–H and O–H groups in total. The Balaban J connectivity index is 0.00000109. The number of hydrogen-bond donors (Lipinski definition) is 1. The number of aromatic nitrogens is 2. The lowest BCUT2D eigenvalue weighted by Gasteiger charge is -2.12. The van der Waals surface area contributed by atoms with Crippen LogP contribution in [0.15, 0.2) is 36.7 Å². The van der Waals surface area contributed by atoms with Crippen molar-refractivity contribution in [2.24, 2.45) is 0 Å². The first kappa shape index (κ1) is 18.9. The van der Waals surface area contributed by atoms with Gasteiger partial charge in [0.15, 0.2) is 0 Å². The fourth-order valence-corrected chi connectivity index (χ4v) is 2.60. The molecule has 0 bridgehead atoms. The number of nitrogens with zero attached hydrogens (tertiary/aromatic N) is 2. The molecule has 25 heavy (non-hydrogen) atoms. The highest BCUT2D eigenvalue weighted by Gasteiger charge is 2.12. The summed E-state index contributed by atoms with van der Waals surface area (Å²) in [4.78, 5) is 8.47. The van der Waals surface area contributed by atoms with Crippen molar-refractivity contribution in [1.82, 2.24) is 9.97 Å². The largest absolute Gasteiger partial charge is 0.496 e. The molecule has 132 valence electrons. The number of nitrogens with one attached hydrogen (secondary N) is 1. The highest BCUT2D eigenvalue weighted by atomic mass is 35.5. The summed E-state index contributed by atoms with van der Waals surface area (Å²) in [5.41, 5.74) is 2.45. The van der Waals surface area contributed by atoms with Gasteiger partial charge in [-0.05, 0) is 24.6 Å². The Morgan fingerprint density at radius 1 is 1.20 bits per heavy atom. The van der Waals surface area contributed by atoms with Crippen LogP contribution in [-0.2, 0) is 5.88 Å². The molecule has 3 aromatic rings. The predicted molar refractivity (Wildman–Crippen MR) is 101 cm³/mol. The Morgan fingerprint density at radius 2 is 1.96 bits per heavy atom. The van der Waals surface area contributed by atoms with E-state index in [-0.39, 0.29) is 5.82 Å². The zero-order chi connectivity index (χ0) is 18.4. The SMILES string of the molecule is CC.COc1cc2ncnc(Nc3cccc(C)c3F)c2cc1CCl. The molecule has 0 aliphatic rings. The molecular formula is C19H21ClFN3O. The van der Waals surface area contributed by atoms with Gasteiger partial charge in [0.05, 0.1) is 24.2 Å². The molecule has 4 nitrogen and oxygen atoms in total. The minimum atomic E-state index is -0.301. The van der Waals surface area contributed by atoms with E-state index < -0.39 is 0 Å². The molecule has 3 rings (SSSR count). The van der Waals surface area contributed by atoms with Crippen LogP contribution >= 0.6 is 11.6 Å². The van der Waals surface area contributed by atoms with E-state index in [2.05, 4.69) is 15.3 Å². The van der Waals surface area contributed by atoms with Crippen LogP contribution in [-0.4, -0.2) is 17.1 Å². The highest BCUT2D eigenvalue weighted by molar-refractivity contribution is 6.17. The van der Waals surface area contributed by atoms with E-state index in [4.69, 9.17) is 16.3 Å². The lowest BCUT2D eigenvalue weighted by atomic mass is 10.1. The average Bonchev–Trinajstić information content (AvgIpc) is 2.66. The Labute approximate surface area is 152 Å². The zero-order valence-electron chi connectivity index (χ0n) is 14.7. The summed E-state index contributed by atoms with van der Waals surface area (Å²) in [5.74, 6) is 1.18. The Morgan fingerprint density at radius 3 is 2.64 bits per heavy atom. The normalized spacial score (nSPS) is 10.2. The maximum absolute atomic E-state index is 14.2. The second kappa shape index (κ2) is 8.62. The molecule has 0 amide bonds. The van der Waals surface area contributed by atoms with E-state index in [0.717, 1.165) is 10.9 Å². The molecular weight excluding hydrogens is 341 g/mol. The Hall–Kier alpha value is -2.40. The average molecular weight is 362 g/mol. The predicted octanol–water partition coefficient (Wildman–Crippen LogP) is 5.59. The van der Waals surface area contributed by atoms with Crippen LogP contribution in [0.25, 0.3) is 10.9 Å². The van der Waals surface area contributed by atoms with Crippen molar-refractivity contribution in [3.05, 3.63) is 53.6 Å².